The zero-order valence-corrected chi connectivity index (χ0v) is 16.2. The standard InChI is InChI=1S/C22H18N2O3S/c1-14-9-18-17(12-24(13-26-18)11-15-4-6-23-7-5-15)22-20(14)21(25)19(27-22)10-16-3-2-8-28-16/h2-10H,11-13H2,1H3/b19-10-. The number of rotatable bonds is 3. The number of pyridine rings is 1. The highest BCUT2D eigenvalue weighted by Gasteiger charge is 2.35. The summed E-state index contributed by atoms with van der Waals surface area (Å²) in [7, 11) is 0. The summed E-state index contributed by atoms with van der Waals surface area (Å²) in [5.74, 6) is 1.75. The van der Waals surface area contributed by atoms with Gasteiger partial charge in [0.15, 0.2) is 5.76 Å². The third kappa shape index (κ3) is 3.00. The Labute approximate surface area is 166 Å². The zero-order chi connectivity index (χ0) is 19.1. The first-order valence-electron chi connectivity index (χ1n) is 9.07. The minimum absolute atomic E-state index is 0.0602. The van der Waals surface area contributed by atoms with Crippen molar-refractivity contribution < 1.29 is 14.3 Å². The normalized spacial score (nSPS) is 17.2. The Morgan fingerprint density at radius 3 is 2.93 bits per heavy atom. The third-order valence-electron chi connectivity index (χ3n) is 4.96. The van der Waals surface area contributed by atoms with Crippen molar-refractivity contribution in [3.05, 3.63) is 81.0 Å². The summed E-state index contributed by atoms with van der Waals surface area (Å²) in [5.41, 5.74) is 3.64. The quantitative estimate of drug-likeness (QED) is 0.620. The maximum atomic E-state index is 13.0. The number of fused-ring (bicyclic) bond motifs is 3. The lowest BCUT2D eigenvalue weighted by atomic mass is 9.98. The number of benzene rings is 1. The number of aromatic nitrogens is 1. The van der Waals surface area contributed by atoms with Crippen molar-refractivity contribution in [1.82, 2.24) is 9.88 Å². The Hall–Kier alpha value is -2.96. The van der Waals surface area contributed by atoms with Crippen molar-refractivity contribution in [3.8, 4) is 11.5 Å². The second-order valence-corrected chi connectivity index (χ2v) is 7.92. The fraction of sp³-hybridized carbons (Fsp3) is 0.182. The number of Topliss-reactive ketones (excluding diaryl/α,β-unsaturated/α-hetero) is 1. The van der Waals surface area contributed by atoms with Gasteiger partial charge >= 0.3 is 0 Å². The van der Waals surface area contributed by atoms with Crippen LogP contribution in [0.2, 0.25) is 0 Å². The van der Waals surface area contributed by atoms with Crippen molar-refractivity contribution >= 4 is 23.2 Å². The van der Waals surface area contributed by atoms with E-state index < -0.39 is 0 Å². The molecule has 0 spiro atoms. The van der Waals surface area contributed by atoms with Gasteiger partial charge in [0.2, 0.25) is 5.78 Å². The van der Waals surface area contributed by atoms with Crippen LogP contribution in [0.4, 0.5) is 0 Å². The van der Waals surface area contributed by atoms with Crippen LogP contribution in [0.15, 0.2) is 53.9 Å². The highest BCUT2D eigenvalue weighted by atomic mass is 32.1. The highest BCUT2D eigenvalue weighted by molar-refractivity contribution is 7.10. The molecule has 28 heavy (non-hydrogen) atoms. The molecule has 140 valence electrons. The Morgan fingerprint density at radius 2 is 2.14 bits per heavy atom. The summed E-state index contributed by atoms with van der Waals surface area (Å²) in [6.45, 7) is 3.84. The van der Waals surface area contributed by atoms with Gasteiger partial charge in [0, 0.05) is 36.4 Å². The third-order valence-corrected chi connectivity index (χ3v) is 5.78. The van der Waals surface area contributed by atoms with Crippen LogP contribution in [0.25, 0.3) is 6.08 Å². The number of nitrogens with zero attached hydrogens (tertiary/aromatic N) is 2. The smallest absolute Gasteiger partial charge is 0.232 e. The average Bonchev–Trinajstić information content (AvgIpc) is 3.32. The summed E-state index contributed by atoms with van der Waals surface area (Å²) in [4.78, 5) is 20.2. The second-order valence-electron chi connectivity index (χ2n) is 6.95. The van der Waals surface area contributed by atoms with E-state index in [9.17, 15) is 4.79 Å². The van der Waals surface area contributed by atoms with Gasteiger partial charge in [0.25, 0.3) is 0 Å². The summed E-state index contributed by atoms with van der Waals surface area (Å²) in [5, 5.41) is 1.98. The molecule has 5 rings (SSSR count). The summed E-state index contributed by atoms with van der Waals surface area (Å²) < 4.78 is 12.1. The van der Waals surface area contributed by atoms with Gasteiger partial charge in [-0.3, -0.25) is 14.7 Å². The number of hydrogen-bond acceptors (Lipinski definition) is 6. The van der Waals surface area contributed by atoms with Gasteiger partial charge in [-0.15, -0.1) is 11.3 Å². The molecule has 0 radical (unpaired) electrons. The van der Waals surface area contributed by atoms with Crippen molar-refractivity contribution in [1.29, 1.82) is 0 Å². The summed E-state index contributed by atoms with van der Waals surface area (Å²) in [6.07, 6.45) is 5.40. The van der Waals surface area contributed by atoms with Crippen LogP contribution < -0.4 is 9.47 Å². The molecule has 0 saturated heterocycles. The SMILES string of the molecule is Cc1cc2c(c3c1C(=O)/C(=C/c1cccs1)O3)CN(Cc1ccncc1)CO2. The molecule has 6 heteroatoms. The fourth-order valence-electron chi connectivity index (χ4n) is 3.63. The van der Waals surface area contributed by atoms with Gasteiger partial charge in [0.05, 0.1) is 11.1 Å². The van der Waals surface area contributed by atoms with E-state index in [0.29, 0.717) is 30.3 Å². The fourth-order valence-corrected chi connectivity index (χ4v) is 4.27. The molecule has 0 bridgehead atoms. The van der Waals surface area contributed by atoms with Gasteiger partial charge in [-0.2, -0.15) is 0 Å². The van der Waals surface area contributed by atoms with E-state index in [4.69, 9.17) is 9.47 Å². The molecule has 0 saturated carbocycles. The minimum Gasteiger partial charge on any atom is -0.478 e. The van der Waals surface area contributed by atoms with Crippen LogP contribution >= 0.6 is 11.3 Å². The minimum atomic E-state index is -0.0602. The number of carbonyl (C=O) groups is 1. The highest BCUT2D eigenvalue weighted by Crippen LogP contribution is 2.44. The van der Waals surface area contributed by atoms with E-state index in [-0.39, 0.29) is 5.78 Å². The number of thiophene rings is 1. The molecular weight excluding hydrogens is 372 g/mol. The number of aryl methyl sites for hydroxylation is 1. The van der Waals surface area contributed by atoms with Crippen molar-refractivity contribution in [2.45, 2.75) is 20.0 Å². The number of allylic oxidation sites excluding steroid dienone is 1. The maximum Gasteiger partial charge on any atom is 0.232 e. The van der Waals surface area contributed by atoms with Gasteiger partial charge in [-0.25, -0.2) is 0 Å². The monoisotopic (exact) mass is 390 g/mol. The van der Waals surface area contributed by atoms with Gasteiger partial charge in [-0.05, 0) is 47.7 Å². The zero-order valence-electron chi connectivity index (χ0n) is 15.3. The van der Waals surface area contributed by atoms with Crippen LogP contribution in [0.3, 0.4) is 0 Å². The van der Waals surface area contributed by atoms with Crippen molar-refractivity contribution in [2.24, 2.45) is 0 Å². The molecular formula is C22H18N2O3S. The lowest BCUT2D eigenvalue weighted by Gasteiger charge is -2.30. The van der Waals surface area contributed by atoms with Gasteiger partial charge < -0.3 is 9.47 Å². The lowest BCUT2D eigenvalue weighted by Crippen LogP contribution is -2.31. The number of ether oxygens (including phenoxy) is 2. The van der Waals surface area contributed by atoms with Crippen molar-refractivity contribution in [3.63, 3.8) is 0 Å². The second kappa shape index (κ2) is 6.89. The predicted octanol–water partition coefficient (Wildman–Crippen LogP) is 4.42. The predicted molar refractivity (Wildman–Crippen MR) is 107 cm³/mol. The average molecular weight is 390 g/mol. The molecule has 0 fully saturated rings. The van der Waals surface area contributed by atoms with E-state index in [1.54, 1.807) is 23.7 Å². The van der Waals surface area contributed by atoms with E-state index >= 15 is 0 Å². The molecule has 4 heterocycles. The summed E-state index contributed by atoms with van der Waals surface area (Å²) >= 11 is 1.58. The molecule has 0 amide bonds. The Kier molecular flexibility index (Phi) is 4.22. The number of carbonyl (C=O) groups excluding carboxylic acids is 1. The van der Waals surface area contributed by atoms with Crippen LogP contribution in [-0.4, -0.2) is 22.4 Å². The first-order chi connectivity index (χ1) is 13.7. The maximum absolute atomic E-state index is 13.0. The molecule has 2 aliphatic rings. The molecule has 0 N–H and O–H groups in total. The van der Waals surface area contributed by atoms with Gasteiger partial charge in [-0.1, -0.05) is 6.07 Å². The Bertz CT molecular complexity index is 1070. The molecule has 3 aromatic rings. The summed E-state index contributed by atoms with van der Waals surface area (Å²) in [6, 6.07) is 9.88. The Morgan fingerprint density at radius 1 is 1.29 bits per heavy atom. The van der Waals surface area contributed by atoms with E-state index in [0.717, 1.165) is 28.3 Å². The van der Waals surface area contributed by atoms with E-state index in [2.05, 4.69) is 9.88 Å². The molecule has 2 aliphatic heterocycles. The van der Waals surface area contributed by atoms with Crippen LogP contribution in [-0.2, 0) is 13.1 Å². The molecule has 2 aromatic heterocycles. The van der Waals surface area contributed by atoms with E-state index in [1.165, 1.54) is 5.56 Å². The molecule has 1 aromatic carbocycles. The van der Waals surface area contributed by atoms with Crippen LogP contribution in [0.1, 0.15) is 31.9 Å². The molecule has 0 atom stereocenters. The number of ketones is 1. The lowest BCUT2D eigenvalue weighted by molar-refractivity contribution is 0.0872. The molecule has 0 aliphatic carbocycles. The number of hydrogen-bond donors (Lipinski definition) is 0. The first kappa shape index (κ1) is 17.2. The largest absolute Gasteiger partial charge is 0.478 e. The van der Waals surface area contributed by atoms with Crippen LogP contribution in [0.5, 0.6) is 11.5 Å². The first-order valence-corrected chi connectivity index (χ1v) is 9.95. The molecule has 5 nitrogen and oxygen atoms in total. The van der Waals surface area contributed by atoms with Crippen molar-refractivity contribution in [2.75, 3.05) is 6.73 Å². The Balaban J connectivity index is 1.48. The van der Waals surface area contributed by atoms with Gasteiger partial charge in [0.1, 0.15) is 18.2 Å². The van der Waals surface area contributed by atoms with Crippen LogP contribution in [0, 0.1) is 6.92 Å². The topological polar surface area (TPSA) is 51.7 Å². The van der Waals surface area contributed by atoms with E-state index in [1.807, 2.05) is 48.7 Å². The molecule has 0 unspecified atom stereocenters.